The van der Waals surface area contributed by atoms with Crippen molar-refractivity contribution < 1.29 is 9.59 Å². The highest BCUT2D eigenvalue weighted by Gasteiger charge is 2.36. The molecule has 0 saturated heterocycles. The lowest BCUT2D eigenvalue weighted by molar-refractivity contribution is -0.123. The highest BCUT2D eigenvalue weighted by Crippen LogP contribution is 2.35. The Labute approximate surface area is 214 Å². The second-order valence-corrected chi connectivity index (χ2v) is 9.77. The normalized spacial score (nSPS) is 17.1. The molecule has 2 aromatic carbocycles. The van der Waals surface area contributed by atoms with Gasteiger partial charge in [-0.1, -0.05) is 93.8 Å². The molecule has 4 rings (SSSR count). The number of ketones is 1. The van der Waals surface area contributed by atoms with E-state index in [2.05, 4.69) is 17.2 Å². The number of rotatable bonds is 11. The van der Waals surface area contributed by atoms with Gasteiger partial charge in [0.25, 0.3) is 5.91 Å². The minimum atomic E-state index is -0.263. The monoisotopic (exact) mass is 491 g/mol. The van der Waals surface area contributed by atoms with Gasteiger partial charge in [0.05, 0.1) is 5.52 Å². The van der Waals surface area contributed by atoms with Crippen molar-refractivity contribution in [3.8, 4) is 0 Å². The number of carbonyl (C=O) groups is 2. The number of carbonyl (C=O) groups excluding carboxylic acids is 2. The molecule has 3 N–H and O–H groups in total. The number of hydrogen-bond donors (Lipinski definition) is 2. The van der Waals surface area contributed by atoms with Crippen LogP contribution in [-0.2, 0) is 4.79 Å². The van der Waals surface area contributed by atoms with Gasteiger partial charge in [0.15, 0.2) is 5.78 Å². The van der Waals surface area contributed by atoms with E-state index in [0.717, 1.165) is 35.9 Å². The quantitative estimate of drug-likeness (QED) is 0.146. The number of aromatic nitrogens is 3. The zero-order valence-electron chi connectivity index (χ0n) is 21.8. The molecule has 0 aliphatic heterocycles. The van der Waals surface area contributed by atoms with E-state index in [1.165, 1.54) is 51.4 Å². The third kappa shape index (κ3) is 7.47. The number of aryl methyl sites for hydroxylation is 1. The van der Waals surface area contributed by atoms with Crippen LogP contribution in [0, 0.1) is 12.8 Å². The molecule has 194 valence electrons. The van der Waals surface area contributed by atoms with Crippen molar-refractivity contribution in [2.45, 2.75) is 90.5 Å². The molecule has 0 spiro atoms. The second-order valence-electron chi connectivity index (χ2n) is 9.77. The van der Waals surface area contributed by atoms with E-state index in [9.17, 15) is 9.59 Å². The van der Waals surface area contributed by atoms with Crippen LogP contribution in [0.5, 0.6) is 0 Å². The molecular formula is C29H41N5O2. The van der Waals surface area contributed by atoms with Gasteiger partial charge >= 0.3 is 0 Å². The van der Waals surface area contributed by atoms with Crippen LogP contribution in [0.25, 0.3) is 11.0 Å². The molecule has 2 unspecified atom stereocenters. The van der Waals surface area contributed by atoms with E-state index in [0.29, 0.717) is 11.3 Å². The van der Waals surface area contributed by atoms with Gasteiger partial charge in [0.2, 0.25) is 0 Å². The second kappa shape index (κ2) is 14.5. The maximum Gasteiger partial charge on any atom is 0.265 e. The van der Waals surface area contributed by atoms with Gasteiger partial charge < -0.3 is 0 Å². The number of nitrogens with two attached hydrogens (primary N) is 1. The van der Waals surface area contributed by atoms with Crippen LogP contribution >= 0.6 is 0 Å². The Hall–Kier alpha value is -3.06. The van der Waals surface area contributed by atoms with Crippen LogP contribution in [0.4, 0.5) is 0 Å². The van der Waals surface area contributed by atoms with E-state index in [1.807, 2.05) is 41.3 Å². The minimum absolute atomic E-state index is 0.110. The third-order valence-corrected chi connectivity index (χ3v) is 7.09. The predicted molar refractivity (Wildman–Crippen MR) is 144 cm³/mol. The fraction of sp³-hybridized carbons (Fsp3) is 0.517. The van der Waals surface area contributed by atoms with Crippen molar-refractivity contribution in [2.75, 3.05) is 0 Å². The fourth-order valence-corrected chi connectivity index (χ4v) is 4.97. The van der Waals surface area contributed by atoms with Crippen LogP contribution in [0.1, 0.15) is 99.5 Å². The summed E-state index contributed by atoms with van der Waals surface area (Å²) >= 11 is 0. The molecule has 1 saturated carbocycles. The van der Waals surface area contributed by atoms with Crippen molar-refractivity contribution in [3.05, 3.63) is 59.7 Å². The van der Waals surface area contributed by atoms with Gasteiger partial charge in [-0.15, -0.1) is 5.10 Å². The summed E-state index contributed by atoms with van der Waals surface area (Å²) in [6, 6.07) is 14.8. The Morgan fingerprint density at radius 3 is 2.36 bits per heavy atom. The maximum atomic E-state index is 12.9. The number of Topliss-reactive ketones (excluding diaryl/α,β-unsaturated/α-hetero) is 1. The lowest BCUT2D eigenvalue weighted by atomic mass is 9.97. The largest absolute Gasteiger partial charge is 0.297 e. The SMILES string of the molecule is CCCCCCCCCCC1CCC(n2nnc3c(C)cccc32)C1=O.NNC(=O)c1ccccc1. The fourth-order valence-electron chi connectivity index (χ4n) is 4.97. The van der Waals surface area contributed by atoms with E-state index < -0.39 is 0 Å². The molecule has 7 heteroatoms. The zero-order chi connectivity index (χ0) is 25.8. The van der Waals surface area contributed by atoms with E-state index in [4.69, 9.17) is 5.84 Å². The number of benzene rings is 2. The average molecular weight is 492 g/mol. The number of hydrogen-bond acceptors (Lipinski definition) is 5. The number of hydrazine groups is 1. The molecule has 36 heavy (non-hydrogen) atoms. The van der Waals surface area contributed by atoms with E-state index in [-0.39, 0.29) is 17.9 Å². The molecule has 1 aliphatic carbocycles. The van der Waals surface area contributed by atoms with Crippen LogP contribution in [0.3, 0.4) is 0 Å². The third-order valence-electron chi connectivity index (χ3n) is 7.09. The average Bonchev–Trinajstić information content (AvgIpc) is 3.50. The van der Waals surface area contributed by atoms with Crippen molar-refractivity contribution in [3.63, 3.8) is 0 Å². The molecule has 2 atom stereocenters. The number of unbranched alkanes of at least 4 members (excludes halogenated alkanes) is 7. The molecule has 7 nitrogen and oxygen atoms in total. The Morgan fingerprint density at radius 1 is 0.972 bits per heavy atom. The standard InChI is InChI=1S/C22H33N3O.C7H8N2O/c1-3-4-5-6-7-8-9-10-13-18-15-16-20(22(18)26)25-19-14-11-12-17(2)21(19)23-24-25;8-9-7(10)6-4-2-1-3-5-6/h11-12,14,18,20H,3-10,13,15-16H2,1-2H3;1-5H,8H2,(H,9,10). The highest BCUT2D eigenvalue weighted by molar-refractivity contribution is 5.93. The number of fused-ring (bicyclic) bond motifs is 1. The zero-order valence-corrected chi connectivity index (χ0v) is 21.8. The highest BCUT2D eigenvalue weighted by atomic mass is 16.2. The molecule has 3 aromatic rings. The summed E-state index contributed by atoms with van der Waals surface area (Å²) in [5.74, 6) is 5.24. The molecule has 1 heterocycles. The van der Waals surface area contributed by atoms with Crippen molar-refractivity contribution >= 4 is 22.7 Å². The molecule has 1 fully saturated rings. The van der Waals surface area contributed by atoms with E-state index in [1.54, 1.807) is 24.3 Å². The van der Waals surface area contributed by atoms with Gasteiger partial charge in [-0.3, -0.25) is 15.0 Å². The number of nitrogens with one attached hydrogen (secondary N) is 1. The lowest BCUT2D eigenvalue weighted by Gasteiger charge is -2.11. The molecule has 0 bridgehead atoms. The summed E-state index contributed by atoms with van der Waals surface area (Å²) < 4.78 is 1.87. The Kier molecular flexibility index (Phi) is 11.1. The molecule has 0 radical (unpaired) electrons. The van der Waals surface area contributed by atoms with Crippen LogP contribution < -0.4 is 11.3 Å². The Bertz CT molecular complexity index is 1100. The number of nitrogen functional groups attached to an aromatic ring is 1. The first-order chi connectivity index (χ1) is 17.6. The Morgan fingerprint density at radius 2 is 1.67 bits per heavy atom. The first-order valence-electron chi connectivity index (χ1n) is 13.5. The van der Waals surface area contributed by atoms with Crippen LogP contribution in [0.15, 0.2) is 48.5 Å². The number of nitrogens with zero attached hydrogens (tertiary/aromatic N) is 3. The summed E-state index contributed by atoms with van der Waals surface area (Å²) in [5, 5.41) is 8.61. The van der Waals surface area contributed by atoms with Gasteiger partial charge in [-0.05, 0) is 49.9 Å². The maximum absolute atomic E-state index is 12.9. The topological polar surface area (TPSA) is 103 Å². The van der Waals surface area contributed by atoms with Crippen molar-refractivity contribution in [2.24, 2.45) is 11.8 Å². The molecule has 1 amide bonds. The summed E-state index contributed by atoms with van der Waals surface area (Å²) in [6.07, 6.45) is 13.5. The van der Waals surface area contributed by atoms with Gasteiger partial charge in [0.1, 0.15) is 11.6 Å². The molecule has 1 aromatic heterocycles. The van der Waals surface area contributed by atoms with Gasteiger partial charge in [-0.2, -0.15) is 0 Å². The predicted octanol–water partition coefficient (Wildman–Crippen LogP) is 6.08. The van der Waals surface area contributed by atoms with Gasteiger partial charge in [-0.25, -0.2) is 10.5 Å². The smallest absolute Gasteiger partial charge is 0.265 e. The van der Waals surface area contributed by atoms with Crippen LogP contribution in [0.2, 0.25) is 0 Å². The Balaban J connectivity index is 0.000000303. The summed E-state index contributed by atoms with van der Waals surface area (Å²) in [4.78, 5) is 23.7. The summed E-state index contributed by atoms with van der Waals surface area (Å²) in [5.41, 5.74) is 5.66. The number of amides is 1. The first-order valence-corrected chi connectivity index (χ1v) is 13.5. The minimum Gasteiger partial charge on any atom is -0.297 e. The molecular weight excluding hydrogens is 450 g/mol. The van der Waals surface area contributed by atoms with Gasteiger partial charge in [0, 0.05) is 11.5 Å². The van der Waals surface area contributed by atoms with Crippen LogP contribution in [-0.4, -0.2) is 26.7 Å². The summed E-state index contributed by atoms with van der Waals surface area (Å²) in [6.45, 7) is 4.30. The van der Waals surface area contributed by atoms with Crippen molar-refractivity contribution in [1.29, 1.82) is 0 Å². The molecule has 1 aliphatic rings. The summed E-state index contributed by atoms with van der Waals surface area (Å²) in [7, 11) is 0. The lowest BCUT2D eigenvalue weighted by Crippen LogP contribution is -2.29. The first kappa shape index (κ1) is 27.5. The van der Waals surface area contributed by atoms with Crippen molar-refractivity contribution in [1.82, 2.24) is 20.4 Å². The van der Waals surface area contributed by atoms with E-state index >= 15 is 0 Å².